The number of esters is 1. The van der Waals surface area contributed by atoms with E-state index in [1.807, 2.05) is 24.3 Å². The zero-order chi connectivity index (χ0) is 28.3. The van der Waals surface area contributed by atoms with E-state index >= 15 is 0 Å². The van der Waals surface area contributed by atoms with Gasteiger partial charge in [-0.25, -0.2) is 8.42 Å². The number of aliphatic hydroxyl groups excluding tert-OH is 1. The molecule has 0 amide bonds. The van der Waals surface area contributed by atoms with Crippen molar-refractivity contribution in [2.45, 2.75) is 45.1 Å². The van der Waals surface area contributed by atoms with E-state index in [9.17, 15) is 23.6 Å². The lowest BCUT2D eigenvalue weighted by Crippen LogP contribution is -2.17. The molecule has 0 aliphatic carbocycles. The molecule has 3 aromatic rings. The van der Waals surface area contributed by atoms with Crippen molar-refractivity contribution < 1.29 is 32.5 Å². The molecule has 9 nitrogen and oxygen atoms in total. The van der Waals surface area contributed by atoms with E-state index in [0.29, 0.717) is 54.0 Å². The Balaban J connectivity index is 1.70. The summed E-state index contributed by atoms with van der Waals surface area (Å²) in [6.07, 6.45) is 1.08. The molecule has 0 heterocycles. The average Bonchev–Trinajstić information content (AvgIpc) is 2.91. The number of nitriles is 1. The molecule has 2 N–H and O–H groups in total. The Morgan fingerprint density at radius 2 is 1.85 bits per heavy atom. The minimum atomic E-state index is -3.62. The second-order valence-electron chi connectivity index (χ2n) is 9.06. The number of hydrogen-bond donors (Lipinski definition) is 2. The quantitative estimate of drug-likeness (QED) is 0.155. The van der Waals surface area contributed by atoms with E-state index in [1.54, 1.807) is 37.3 Å². The van der Waals surface area contributed by atoms with Gasteiger partial charge in [0.1, 0.15) is 5.75 Å². The van der Waals surface area contributed by atoms with Crippen LogP contribution in [0.25, 0.3) is 10.8 Å². The van der Waals surface area contributed by atoms with Gasteiger partial charge in [0.15, 0.2) is 6.79 Å². The maximum absolute atomic E-state index is 12.7. The number of fused-ring (bicyclic) bond motifs is 1. The lowest BCUT2D eigenvalue weighted by atomic mass is 9.97. The number of ether oxygens (including phenoxy) is 3. The number of aliphatic hydroxyl groups is 1. The second kappa shape index (κ2) is 14.5. The molecule has 0 fully saturated rings. The van der Waals surface area contributed by atoms with E-state index in [1.165, 1.54) is 7.11 Å². The van der Waals surface area contributed by atoms with Gasteiger partial charge in [-0.2, -0.15) is 5.26 Å². The van der Waals surface area contributed by atoms with Crippen LogP contribution >= 0.6 is 0 Å². The van der Waals surface area contributed by atoms with Crippen LogP contribution < -0.4 is 9.46 Å². The van der Waals surface area contributed by atoms with Crippen molar-refractivity contribution in [3.63, 3.8) is 0 Å². The van der Waals surface area contributed by atoms with Crippen LogP contribution in [0.15, 0.2) is 54.6 Å². The topological polar surface area (TPSA) is 135 Å². The van der Waals surface area contributed by atoms with Crippen molar-refractivity contribution >= 4 is 32.5 Å². The molecule has 10 heteroatoms. The Labute approximate surface area is 229 Å². The molecule has 0 spiro atoms. The van der Waals surface area contributed by atoms with Gasteiger partial charge in [0.05, 0.1) is 30.1 Å². The summed E-state index contributed by atoms with van der Waals surface area (Å²) in [5.41, 5.74) is 2.14. The largest absolute Gasteiger partial charge is 0.467 e. The van der Waals surface area contributed by atoms with Gasteiger partial charge in [-0.15, -0.1) is 0 Å². The monoisotopic (exact) mass is 554 g/mol. The summed E-state index contributed by atoms with van der Waals surface area (Å²) in [6.45, 7) is 2.07. The third kappa shape index (κ3) is 9.25. The first-order valence-electron chi connectivity index (χ1n) is 12.8. The van der Waals surface area contributed by atoms with Crippen LogP contribution in [-0.4, -0.2) is 45.8 Å². The van der Waals surface area contributed by atoms with Gasteiger partial charge < -0.3 is 19.3 Å². The molecule has 0 bridgehead atoms. The molecular formula is C29H34N2O7S. The molecular weight excluding hydrogens is 520 g/mol. The van der Waals surface area contributed by atoms with Gasteiger partial charge in [-0.1, -0.05) is 24.6 Å². The van der Waals surface area contributed by atoms with Crippen LogP contribution in [0.2, 0.25) is 0 Å². The highest BCUT2D eigenvalue weighted by Crippen LogP contribution is 2.30. The summed E-state index contributed by atoms with van der Waals surface area (Å²) < 4.78 is 43.5. The summed E-state index contributed by atoms with van der Waals surface area (Å²) in [7, 11) is -2.13. The number of methoxy groups -OCH3 is 1. The number of anilines is 1. The molecule has 0 aliphatic rings. The minimum absolute atomic E-state index is 0.00706. The fourth-order valence-corrected chi connectivity index (χ4v) is 5.31. The number of carbonyl (C=O) groups excluding carboxylic acids is 1. The summed E-state index contributed by atoms with van der Waals surface area (Å²) in [4.78, 5) is 11.4. The van der Waals surface area contributed by atoms with Crippen LogP contribution in [0.5, 0.6) is 5.75 Å². The Hall–Kier alpha value is -3.65. The van der Waals surface area contributed by atoms with Crippen molar-refractivity contribution in [1.82, 2.24) is 0 Å². The molecule has 0 aromatic heterocycles. The molecule has 0 saturated carbocycles. The van der Waals surface area contributed by atoms with Crippen LogP contribution in [0.1, 0.15) is 55.4 Å². The Morgan fingerprint density at radius 1 is 1.05 bits per heavy atom. The first kappa shape index (κ1) is 29.9. The number of hydrogen-bond acceptors (Lipinski definition) is 8. The number of unbranched alkanes of at least 4 members (excludes halogenated alkanes) is 2. The lowest BCUT2D eigenvalue weighted by molar-refractivity contribution is -0.143. The van der Waals surface area contributed by atoms with Crippen molar-refractivity contribution in [2.75, 3.05) is 31.0 Å². The molecule has 0 saturated heterocycles. The van der Waals surface area contributed by atoms with Crippen LogP contribution in [0.4, 0.5) is 5.69 Å². The fraction of sp³-hybridized carbons (Fsp3) is 0.379. The Morgan fingerprint density at radius 3 is 2.59 bits per heavy atom. The standard InChI is InChI=1S/C29H34N2O7S/c1-3-37-29(33)7-5-4-6-14-39(34,35)31-26-12-13-28(38-20-36-2)25(17-26)18-27(32)23-11-10-22-9-8-21(19-30)15-24(22)16-23/h8-13,15-17,27,31-32H,3-7,14,18,20H2,1-2H3. The number of rotatable bonds is 15. The van der Waals surface area contributed by atoms with Gasteiger partial charge in [-0.3, -0.25) is 9.52 Å². The van der Waals surface area contributed by atoms with E-state index < -0.39 is 16.1 Å². The smallest absolute Gasteiger partial charge is 0.305 e. The number of nitrogens with zero attached hydrogens (tertiary/aromatic N) is 1. The van der Waals surface area contributed by atoms with Gasteiger partial charge in [-0.05, 0) is 78.1 Å². The van der Waals surface area contributed by atoms with E-state index in [4.69, 9.17) is 14.2 Å². The Bertz CT molecular complexity index is 1420. The summed E-state index contributed by atoms with van der Waals surface area (Å²) in [5, 5.41) is 22.0. The average molecular weight is 555 g/mol. The summed E-state index contributed by atoms with van der Waals surface area (Å²) in [6, 6.07) is 17.9. The SMILES string of the molecule is CCOC(=O)CCCCCS(=O)(=O)Nc1ccc(OCOC)c(CC(O)c2ccc3ccc(C#N)cc3c2)c1. The molecule has 208 valence electrons. The van der Waals surface area contributed by atoms with Crippen LogP contribution in [-0.2, 0) is 30.7 Å². The normalized spacial score (nSPS) is 12.1. The zero-order valence-corrected chi connectivity index (χ0v) is 23.0. The lowest BCUT2D eigenvalue weighted by Gasteiger charge is -2.17. The minimum Gasteiger partial charge on any atom is -0.467 e. The first-order chi connectivity index (χ1) is 18.7. The predicted octanol–water partition coefficient (Wildman–Crippen LogP) is 4.84. The maximum atomic E-state index is 12.7. The van der Waals surface area contributed by atoms with Gasteiger partial charge in [0.2, 0.25) is 10.0 Å². The molecule has 0 radical (unpaired) electrons. The van der Waals surface area contributed by atoms with E-state index in [0.717, 1.165) is 10.8 Å². The van der Waals surface area contributed by atoms with Crippen molar-refractivity contribution in [1.29, 1.82) is 5.26 Å². The zero-order valence-electron chi connectivity index (χ0n) is 22.2. The van der Waals surface area contributed by atoms with Crippen LogP contribution in [0.3, 0.4) is 0 Å². The molecule has 1 unspecified atom stereocenters. The van der Waals surface area contributed by atoms with Gasteiger partial charge in [0, 0.05) is 25.6 Å². The van der Waals surface area contributed by atoms with Crippen molar-refractivity contribution in [3.8, 4) is 11.8 Å². The second-order valence-corrected chi connectivity index (χ2v) is 10.9. The highest BCUT2D eigenvalue weighted by Gasteiger charge is 2.17. The van der Waals surface area contributed by atoms with Gasteiger partial charge >= 0.3 is 5.97 Å². The predicted molar refractivity (Wildman–Crippen MR) is 149 cm³/mol. The van der Waals surface area contributed by atoms with E-state index in [2.05, 4.69) is 10.8 Å². The summed E-state index contributed by atoms with van der Waals surface area (Å²) in [5.74, 6) is 0.0993. The molecule has 3 rings (SSSR count). The molecule has 1 atom stereocenters. The number of nitrogens with one attached hydrogen (secondary N) is 1. The first-order valence-corrected chi connectivity index (χ1v) is 14.4. The fourth-order valence-electron chi connectivity index (χ4n) is 4.14. The molecule has 0 aliphatic heterocycles. The highest BCUT2D eigenvalue weighted by molar-refractivity contribution is 7.92. The highest BCUT2D eigenvalue weighted by atomic mass is 32.2. The maximum Gasteiger partial charge on any atom is 0.305 e. The van der Waals surface area contributed by atoms with Crippen LogP contribution in [0, 0.1) is 11.3 Å². The third-order valence-electron chi connectivity index (χ3n) is 6.06. The number of carbonyl (C=O) groups is 1. The summed E-state index contributed by atoms with van der Waals surface area (Å²) >= 11 is 0. The Kier molecular flexibility index (Phi) is 11.1. The molecule has 39 heavy (non-hydrogen) atoms. The van der Waals surface area contributed by atoms with Crippen molar-refractivity contribution in [2.24, 2.45) is 0 Å². The van der Waals surface area contributed by atoms with Crippen molar-refractivity contribution in [3.05, 3.63) is 71.3 Å². The van der Waals surface area contributed by atoms with E-state index in [-0.39, 0.29) is 31.4 Å². The number of benzene rings is 3. The number of sulfonamides is 1. The van der Waals surface area contributed by atoms with Gasteiger partial charge in [0.25, 0.3) is 0 Å². The molecule has 3 aromatic carbocycles. The third-order valence-corrected chi connectivity index (χ3v) is 7.43.